The molecule has 0 aromatic heterocycles. The fourth-order valence-corrected chi connectivity index (χ4v) is 3.72. The van der Waals surface area contributed by atoms with Crippen LogP contribution in [0.5, 0.6) is 5.75 Å². The number of hydrogen-bond donors (Lipinski definition) is 2. The fraction of sp³-hybridized carbons (Fsp3) is 0.278. The van der Waals surface area contributed by atoms with Gasteiger partial charge in [0.2, 0.25) is 10.0 Å². The second-order valence-corrected chi connectivity index (χ2v) is 8.24. The molecule has 0 saturated heterocycles. The van der Waals surface area contributed by atoms with E-state index in [0.29, 0.717) is 5.02 Å². The zero-order valence-corrected chi connectivity index (χ0v) is 15.7. The van der Waals surface area contributed by atoms with Gasteiger partial charge in [0.25, 0.3) is 5.91 Å². The Balaban J connectivity index is 1.81. The van der Waals surface area contributed by atoms with Gasteiger partial charge in [-0.05, 0) is 48.7 Å². The Morgan fingerprint density at radius 1 is 1.19 bits per heavy atom. The van der Waals surface area contributed by atoms with Crippen LogP contribution in [0.1, 0.15) is 28.8 Å². The van der Waals surface area contributed by atoms with Gasteiger partial charge in [-0.25, -0.2) is 13.1 Å². The number of rotatable bonds is 7. The molecule has 0 aliphatic heterocycles. The molecule has 0 atom stereocenters. The minimum Gasteiger partial charge on any atom is -0.495 e. The summed E-state index contributed by atoms with van der Waals surface area (Å²) in [6.45, 7) is 0.0984. The molecule has 26 heavy (non-hydrogen) atoms. The molecule has 0 unspecified atom stereocenters. The summed E-state index contributed by atoms with van der Waals surface area (Å²) in [6, 6.07) is 11.4. The maximum absolute atomic E-state index is 12.7. The van der Waals surface area contributed by atoms with Crippen molar-refractivity contribution < 1.29 is 17.9 Å². The molecule has 1 saturated carbocycles. The predicted octanol–water partition coefficient (Wildman–Crippen LogP) is 2.72. The Morgan fingerprint density at radius 2 is 1.88 bits per heavy atom. The maximum atomic E-state index is 12.7. The van der Waals surface area contributed by atoms with E-state index in [9.17, 15) is 13.2 Å². The molecule has 3 rings (SSSR count). The van der Waals surface area contributed by atoms with E-state index < -0.39 is 10.0 Å². The van der Waals surface area contributed by atoms with Crippen LogP contribution in [0.15, 0.2) is 47.4 Å². The van der Waals surface area contributed by atoms with Gasteiger partial charge in [-0.1, -0.05) is 23.7 Å². The van der Waals surface area contributed by atoms with Crippen LogP contribution >= 0.6 is 11.6 Å². The SMILES string of the molecule is COc1ccc(C(=O)NC2CC2)cc1S(=O)(=O)NCc1ccc(Cl)cc1. The second kappa shape index (κ2) is 7.65. The normalized spacial score (nSPS) is 14.1. The highest BCUT2D eigenvalue weighted by molar-refractivity contribution is 7.89. The molecule has 2 aromatic rings. The van der Waals surface area contributed by atoms with E-state index in [4.69, 9.17) is 16.3 Å². The van der Waals surface area contributed by atoms with Crippen molar-refractivity contribution in [1.82, 2.24) is 10.0 Å². The van der Waals surface area contributed by atoms with Crippen molar-refractivity contribution in [3.8, 4) is 5.75 Å². The number of carbonyl (C=O) groups excluding carboxylic acids is 1. The average Bonchev–Trinajstić information content (AvgIpc) is 3.44. The number of halogens is 1. The number of amides is 1. The molecule has 0 heterocycles. The Bertz CT molecular complexity index is 909. The smallest absolute Gasteiger partial charge is 0.251 e. The number of ether oxygens (including phenoxy) is 1. The minimum atomic E-state index is -3.87. The van der Waals surface area contributed by atoms with Crippen molar-refractivity contribution in [3.63, 3.8) is 0 Å². The van der Waals surface area contributed by atoms with Crippen molar-refractivity contribution in [2.75, 3.05) is 7.11 Å². The number of hydrogen-bond acceptors (Lipinski definition) is 4. The first kappa shape index (κ1) is 18.7. The lowest BCUT2D eigenvalue weighted by Crippen LogP contribution is -2.27. The summed E-state index contributed by atoms with van der Waals surface area (Å²) < 4.78 is 33.1. The molecule has 6 nitrogen and oxygen atoms in total. The van der Waals surface area contributed by atoms with Gasteiger partial charge in [0, 0.05) is 23.2 Å². The summed E-state index contributed by atoms with van der Waals surface area (Å²) in [5.41, 5.74) is 1.05. The van der Waals surface area contributed by atoms with Crippen LogP contribution < -0.4 is 14.8 Å². The van der Waals surface area contributed by atoms with E-state index >= 15 is 0 Å². The van der Waals surface area contributed by atoms with Crippen molar-refractivity contribution in [3.05, 3.63) is 58.6 Å². The number of sulfonamides is 1. The molecule has 0 bridgehead atoms. The van der Waals surface area contributed by atoms with E-state index in [1.54, 1.807) is 30.3 Å². The monoisotopic (exact) mass is 394 g/mol. The number of carbonyl (C=O) groups is 1. The molecule has 1 aliphatic rings. The molecule has 1 aliphatic carbocycles. The molecule has 2 N–H and O–H groups in total. The van der Waals surface area contributed by atoms with Gasteiger partial charge in [0.05, 0.1) is 7.11 Å². The summed E-state index contributed by atoms with van der Waals surface area (Å²) >= 11 is 5.83. The first-order chi connectivity index (χ1) is 12.4. The third-order valence-corrected chi connectivity index (χ3v) is 5.68. The summed E-state index contributed by atoms with van der Waals surface area (Å²) in [4.78, 5) is 12.1. The van der Waals surface area contributed by atoms with Crippen LogP contribution in [-0.4, -0.2) is 27.5 Å². The van der Waals surface area contributed by atoms with Gasteiger partial charge in [0.15, 0.2) is 0 Å². The van der Waals surface area contributed by atoms with Crippen LogP contribution in [0.2, 0.25) is 5.02 Å². The number of benzene rings is 2. The molecule has 8 heteroatoms. The number of methoxy groups -OCH3 is 1. The second-order valence-electron chi connectivity index (χ2n) is 6.06. The van der Waals surface area contributed by atoms with Crippen LogP contribution in [0.25, 0.3) is 0 Å². The molecule has 0 spiro atoms. The van der Waals surface area contributed by atoms with Crippen molar-refractivity contribution in [2.24, 2.45) is 0 Å². The minimum absolute atomic E-state index is 0.0718. The summed E-state index contributed by atoms with van der Waals surface area (Å²) in [7, 11) is -2.48. The fourth-order valence-electron chi connectivity index (χ4n) is 2.38. The van der Waals surface area contributed by atoms with Crippen LogP contribution in [0.3, 0.4) is 0 Å². The Labute approximate surface area is 157 Å². The Hall–Kier alpha value is -2.09. The number of nitrogens with one attached hydrogen (secondary N) is 2. The molecule has 1 fully saturated rings. The summed E-state index contributed by atoms with van der Waals surface area (Å²) in [5, 5.41) is 3.42. The molecule has 1 amide bonds. The Morgan fingerprint density at radius 3 is 2.50 bits per heavy atom. The first-order valence-electron chi connectivity index (χ1n) is 8.12. The van der Waals surface area contributed by atoms with Gasteiger partial charge in [-0.2, -0.15) is 0 Å². The van der Waals surface area contributed by atoms with E-state index in [-0.39, 0.29) is 34.7 Å². The average molecular weight is 395 g/mol. The molecule has 2 aromatic carbocycles. The third kappa shape index (κ3) is 4.55. The van der Waals surface area contributed by atoms with Crippen LogP contribution in [-0.2, 0) is 16.6 Å². The first-order valence-corrected chi connectivity index (χ1v) is 9.98. The maximum Gasteiger partial charge on any atom is 0.251 e. The van der Waals surface area contributed by atoms with Crippen molar-refractivity contribution in [1.29, 1.82) is 0 Å². The highest BCUT2D eigenvalue weighted by Gasteiger charge is 2.26. The van der Waals surface area contributed by atoms with E-state index in [0.717, 1.165) is 18.4 Å². The predicted molar refractivity (Wildman–Crippen MR) is 99.0 cm³/mol. The van der Waals surface area contributed by atoms with Crippen LogP contribution in [0.4, 0.5) is 0 Å². The highest BCUT2D eigenvalue weighted by atomic mass is 35.5. The molecule has 0 radical (unpaired) electrons. The van der Waals surface area contributed by atoms with Crippen molar-refractivity contribution in [2.45, 2.75) is 30.3 Å². The quantitative estimate of drug-likeness (QED) is 0.756. The van der Waals surface area contributed by atoms with E-state index in [1.165, 1.54) is 19.2 Å². The zero-order valence-electron chi connectivity index (χ0n) is 14.2. The lowest BCUT2D eigenvalue weighted by molar-refractivity contribution is 0.0951. The molecular formula is C18H19ClN2O4S. The standard InChI is InChI=1S/C18H19ClN2O4S/c1-25-16-9-4-13(18(22)21-15-7-8-15)10-17(16)26(23,24)20-11-12-2-5-14(19)6-3-12/h2-6,9-10,15,20H,7-8,11H2,1H3,(H,21,22). The van der Waals surface area contributed by atoms with Gasteiger partial charge in [-0.3, -0.25) is 4.79 Å². The summed E-state index contributed by atoms with van der Waals surface area (Å²) in [5.74, 6) is -0.110. The molecular weight excluding hydrogens is 376 g/mol. The van der Waals surface area contributed by atoms with Gasteiger partial charge in [0.1, 0.15) is 10.6 Å². The van der Waals surface area contributed by atoms with Gasteiger partial charge >= 0.3 is 0 Å². The Kier molecular flexibility index (Phi) is 5.50. The topological polar surface area (TPSA) is 84.5 Å². The largest absolute Gasteiger partial charge is 0.495 e. The lowest BCUT2D eigenvalue weighted by Gasteiger charge is -2.13. The highest BCUT2D eigenvalue weighted by Crippen LogP contribution is 2.26. The summed E-state index contributed by atoms with van der Waals surface area (Å²) in [6.07, 6.45) is 1.91. The zero-order chi connectivity index (χ0) is 18.7. The van der Waals surface area contributed by atoms with Gasteiger partial charge in [-0.15, -0.1) is 0 Å². The third-order valence-electron chi connectivity index (χ3n) is 4.01. The van der Waals surface area contributed by atoms with E-state index in [1.807, 2.05) is 0 Å². The lowest BCUT2D eigenvalue weighted by atomic mass is 10.2. The van der Waals surface area contributed by atoms with Crippen LogP contribution in [0, 0.1) is 0 Å². The van der Waals surface area contributed by atoms with E-state index in [2.05, 4.69) is 10.0 Å². The van der Waals surface area contributed by atoms with Crippen molar-refractivity contribution >= 4 is 27.5 Å². The van der Waals surface area contributed by atoms with Gasteiger partial charge < -0.3 is 10.1 Å². The molecule has 138 valence electrons.